The molecule has 0 amide bonds. The van der Waals surface area contributed by atoms with E-state index in [-0.39, 0.29) is 5.54 Å². The fourth-order valence-corrected chi connectivity index (χ4v) is 3.58. The van der Waals surface area contributed by atoms with Crippen molar-refractivity contribution >= 4 is 21.6 Å². The highest BCUT2D eigenvalue weighted by atomic mass is 79.9. The Hall–Kier alpha value is -0.540. The van der Waals surface area contributed by atoms with Crippen molar-refractivity contribution in [3.63, 3.8) is 0 Å². The zero-order chi connectivity index (χ0) is 14.0. The van der Waals surface area contributed by atoms with Crippen molar-refractivity contribution in [2.75, 3.05) is 18.0 Å². The minimum absolute atomic E-state index is 0.240. The molecule has 0 saturated carbocycles. The molecule has 3 heteroatoms. The summed E-state index contributed by atoms with van der Waals surface area (Å²) in [6.45, 7) is 8.84. The highest BCUT2D eigenvalue weighted by Gasteiger charge is 2.34. The van der Waals surface area contributed by atoms with Crippen LogP contribution in [-0.4, -0.2) is 18.6 Å². The minimum Gasteiger partial charge on any atom is -0.366 e. The molecule has 1 atom stereocenters. The first-order valence-electron chi connectivity index (χ1n) is 7.18. The second-order valence-corrected chi connectivity index (χ2v) is 7.25. The quantitative estimate of drug-likeness (QED) is 0.906. The van der Waals surface area contributed by atoms with Crippen LogP contribution in [0.1, 0.15) is 38.7 Å². The van der Waals surface area contributed by atoms with Gasteiger partial charge in [0, 0.05) is 22.2 Å². The molecule has 0 aliphatic carbocycles. The Morgan fingerprint density at radius 2 is 2.16 bits per heavy atom. The SMILES string of the molecule is Cc1cc(Br)ccc1N1CC(CCN)CCC1(C)C. The molecule has 1 aromatic carbocycles. The molecule has 2 nitrogen and oxygen atoms in total. The molecule has 1 aliphatic rings. The summed E-state index contributed by atoms with van der Waals surface area (Å²) in [6.07, 6.45) is 3.69. The van der Waals surface area contributed by atoms with Crippen LogP contribution in [0.25, 0.3) is 0 Å². The van der Waals surface area contributed by atoms with Crippen LogP contribution in [0.4, 0.5) is 5.69 Å². The maximum Gasteiger partial charge on any atom is 0.0401 e. The highest BCUT2D eigenvalue weighted by molar-refractivity contribution is 9.10. The molecule has 1 aliphatic heterocycles. The molecule has 0 aromatic heterocycles. The fraction of sp³-hybridized carbons (Fsp3) is 0.625. The van der Waals surface area contributed by atoms with Gasteiger partial charge in [0.05, 0.1) is 0 Å². The number of nitrogens with two attached hydrogens (primary N) is 1. The first kappa shape index (κ1) is 14.9. The van der Waals surface area contributed by atoms with Gasteiger partial charge in [0.15, 0.2) is 0 Å². The van der Waals surface area contributed by atoms with E-state index in [9.17, 15) is 0 Å². The van der Waals surface area contributed by atoms with Crippen molar-refractivity contribution in [3.05, 3.63) is 28.2 Å². The lowest BCUT2D eigenvalue weighted by Gasteiger charge is -2.48. The van der Waals surface area contributed by atoms with Crippen LogP contribution >= 0.6 is 15.9 Å². The van der Waals surface area contributed by atoms with Gasteiger partial charge in [-0.3, -0.25) is 0 Å². The second-order valence-electron chi connectivity index (χ2n) is 6.34. The van der Waals surface area contributed by atoms with E-state index in [1.807, 2.05) is 0 Å². The van der Waals surface area contributed by atoms with Crippen molar-refractivity contribution in [3.8, 4) is 0 Å². The van der Waals surface area contributed by atoms with Crippen LogP contribution in [0.2, 0.25) is 0 Å². The Bertz CT molecular complexity index is 442. The van der Waals surface area contributed by atoms with Gasteiger partial charge in [-0.15, -0.1) is 0 Å². The maximum absolute atomic E-state index is 5.74. The van der Waals surface area contributed by atoms with Gasteiger partial charge in [0.2, 0.25) is 0 Å². The third-order valence-corrected chi connectivity index (χ3v) is 4.85. The zero-order valence-corrected chi connectivity index (χ0v) is 13.8. The smallest absolute Gasteiger partial charge is 0.0401 e. The number of nitrogens with zero attached hydrogens (tertiary/aromatic N) is 1. The highest BCUT2D eigenvalue weighted by Crippen LogP contribution is 2.37. The first-order valence-corrected chi connectivity index (χ1v) is 7.97. The number of hydrogen-bond donors (Lipinski definition) is 1. The van der Waals surface area contributed by atoms with E-state index in [4.69, 9.17) is 5.73 Å². The molecule has 1 unspecified atom stereocenters. The lowest BCUT2D eigenvalue weighted by molar-refractivity contribution is 0.282. The van der Waals surface area contributed by atoms with Crippen LogP contribution in [0.5, 0.6) is 0 Å². The zero-order valence-electron chi connectivity index (χ0n) is 12.2. The molecule has 1 saturated heterocycles. The standard InChI is InChI=1S/C16H25BrN2/c1-12-10-14(17)4-5-15(12)19-11-13(7-9-18)6-8-16(19,2)3/h4-5,10,13H,6-9,11,18H2,1-3H3. The van der Waals surface area contributed by atoms with E-state index < -0.39 is 0 Å². The first-order chi connectivity index (χ1) is 8.94. The minimum atomic E-state index is 0.240. The van der Waals surface area contributed by atoms with Gasteiger partial charge in [-0.05, 0) is 76.3 Å². The number of halogens is 1. The molecular weight excluding hydrogens is 300 g/mol. The van der Waals surface area contributed by atoms with E-state index in [1.165, 1.54) is 24.1 Å². The predicted molar refractivity (Wildman–Crippen MR) is 86.7 cm³/mol. The van der Waals surface area contributed by atoms with Gasteiger partial charge < -0.3 is 10.6 Å². The van der Waals surface area contributed by atoms with E-state index in [0.29, 0.717) is 0 Å². The Balaban J connectivity index is 2.27. The van der Waals surface area contributed by atoms with Gasteiger partial charge in [-0.2, -0.15) is 0 Å². The molecule has 106 valence electrons. The Morgan fingerprint density at radius 1 is 1.42 bits per heavy atom. The van der Waals surface area contributed by atoms with Gasteiger partial charge in [0.25, 0.3) is 0 Å². The average Bonchev–Trinajstić information content (AvgIpc) is 2.32. The van der Waals surface area contributed by atoms with Crippen LogP contribution in [-0.2, 0) is 0 Å². The third kappa shape index (κ3) is 3.32. The summed E-state index contributed by atoms with van der Waals surface area (Å²) < 4.78 is 1.15. The third-order valence-electron chi connectivity index (χ3n) is 4.36. The monoisotopic (exact) mass is 324 g/mol. The topological polar surface area (TPSA) is 29.3 Å². The molecule has 1 aromatic rings. The molecule has 19 heavy (non-hydrogen) atoms. The molecule has 2 rings (SSSR count). The number of benzene rings is 1. The lowest BCUT2D eigenvalue weighted by atomic mass is 9.82. The summed E-state index contributed by atoms with van der Waals surface area (Å²) >= 11 is 3.55. The predicted octanol–water partition coefficient (Wildman–Crippen LogP) is 4.10. The van der Waals surface area contributed by atoms with Crippen molar-refractivity contribution in [2.24, 2.45) is 11.7 Å². The summed E-state index contributed by atoms with van der Waals surface area (Å²) in [5.41, 5.74) is 8.69. The van der Waals surface area contributed by atoms with Crippen molar-refractivity contribution in [1.82, 2.24) is 0 Å². The van der Waals surface area contributed by atoms with Gasteiger partial charge >= 0.3 is 0 Å². The molecule has 1 heterocycles. The summed E-state index contributed by atoms with van der Waals surface area (Å²) in [5, 5.41) is 0. The van der Waals surface area contributed by atoms with E-state index in [2.05, 4.69) is 59.8 Å². The fourth-order valence-electron chi connectivity index (χ4n) is 3.11. The van der Waals surface area contributed by atoms with Crippen LogP contribution in [0, 0.1) is 12.8 Å². The molecule has 0 radical (unpaired) electrons. The molecule has 2 N–H and O–H groups in total. The van der Waals surface area contributed by atoms with Crippen LogP contribution in [0.3, 0.4) is 0 Å². The average molecular weight is 325 g/mol. The number of hydrogen-bond acceptors (Lipinski definition) is 2. The lowest BCUT2D eigenvalue weighted by Crippen LogP contribution is -2.51. The normalized spacial score (nSPS) is 22.6. The summed E-state index contributed by atoms with van der Waals surface area (Å²) in [4.78, 5) is 2.58. The van der Waals surface area contributed by atoms with Gasteiger partial charge in [-0.1, -0.05) is 15.9 Å². The molecular formula is C16H25BrN2. The summed E-state index contributed by atoms with van der Waals surface area (Å²) in [6, 6.07) is 6.59. The number of rotatable bonds is 3. The van der Waals surface area contributed by atoms with Crippen molar-refractivity contribution < 1.29 is 0 Å². The maximum atomic E-state index is 5.74. The molecule has 0 spiro atoms. The summed E-state index contributed by atoms with van der Waals surface area (Å²) in [5.74, 6) is 0.737. The Kier molecular flexibility index (Phi) is 4.57. The van der Waals surface area contributed by atoms with Gasteiger partial charge in [-0.25, -0.2) is 0 Å². The summed E-state index contributed by atoms with van der Waals surface area (Å²) in [7, 11) is 0. The number of aryl methyl sites for hydroxylation is 1. The largest absolute Gasteiger partial charge is 0.366 e. The number of anilines is 1. The van der Waals surface area contributed by atoms with E-state index >= 15 is 0 Å². The Morgan fingerprint density at radius 3 is 2.79 bits per heavy atom. The second kappa shape index (κ2) is 5.84. The van der Waals surface area contributed by atoms with Crippen LogP contribution in [0.15, 0.2) is 22.7 Å². The molecule has 1 fully saturated rings. The van der Waals surface area contributed by atoms with E-state index in [0.717, 1.165) is 29.9 Å². The number of piperidine rings is 1. The van der Waals surface area contributed by atoms with Crippen LogP contribution < -0.4 is 10.6 Å². The van der Waals surface area contributed by atoms with Crippen molar-refractivity contribution in [1.29, 1.82) is 0 Å². The Labute approximate surface area is 125 Å². The van der Waals surface area contributed by atoms with Crippen molar-refractivity contribution in [2.45, 2.75) is 45.6 Å². The van der Waals surface area contributed by atoms with Gasteiger partial charge in [0.1, 0.15) is 0 Å². The van der Waals surface area contributed by atoms with E-state index in [1.54, 1.807) is 0 Å². The molecule has 0 bridgehead atoms.